The Morgan fingerprint density at radius 1 is 1.36 bits per heavy atom. The fraction of sp³-hybridized carbons (Fsp3) is 0.455. The first kappa shape index (κ1) is 10.9. The molecule has 1 aliphatic heterocycles. The van der Waals surface area contributed by atoms with Crippen LogP contribution in [0.1, 0.15) is 30.9 Å². The summed E-state index contributed by atoms with van der Waals surface area (Å²) < 4.78 is 2.55. The third-order valence-electron chi connectivity index (χ3n) is 2.64. The number of hydrogen-bond donors (Lipinski definition) is 1. The first-order valence-corrected chi connectivity index (χ1v) is 6.83. The minimum atomic E-state index is 0.563. The molecule has 0 aliphatic carbocycles. The summed E-state index contributed by atoms with van der Waals surface area (Å²) in [5, 5.41) is 3.58. The van der Waals surface area contributed by atoms with Gasteiger partial charge in [0.1, 0.15) is 0 Å². The Balaban J connectivity index is 2.24. The van der Waals surface area contributed by atoms with Gasteiger partial charge in [-0.05, 0) is 65.7 Å². The van der Waals surface area contributed by atoms with E-state index in [1.54, 1.807) is 0 Å². The first-order chi connectivity index (χ1) is 6.77. The molecule has 0 aromatic heterocycles. The molecule has 2 rings (SSSR count). The molecule has 0 amide bonds. The maximum atomic E-state index is 3.58. The molecular weight excluding hydrogens is 353 g/mol. The summed E-state index contributed by atoms with van der Waals surface area (Å²) in [5.74, 6) is 0. The van der Waals surface area contributed by atoms with Crippen molar-refractivity contribution in [3.63, 3.8) is 0 Å². The lowest BCUT2D eigenvalue weighted by atomic mass is 9.98. The van der Waals surface area contributed by atoms with Crippen molar-refractivity contribution in [2.24, 2.45) is 0 Å². The van der Waals surface area contributed by atoms with E-state index in [4.69, 9.17) is 0 Å². The van der Waals surface area contributed by atoms with E-state index in [0.717, 1.165) is 6.54 Å². The van der Waals surface area contributed by atoms with E-state index in [2.05, 4.69) is 62.0 Å². The van der Waals surface area contributed by atoms with Crippen LogP contribution in [0.25, 0.3) is 0 Å². The summed E-state index contributed by atoms with van der Waals surface area (Å²) in [5.41, 5.74) is 1.44. The summed E-state index contributed by atoms with van der Waals surface area (Å²) in [6, 6.07) is 7.09. The van der Waals surface area contributed by atoms with Gasteiger partial charge in [0.05, 0.1) is 0 Å². The van der Waals surface area contributed by atoms with Gasteiger partial charge in [0.15, 0.2) is 0 Å². The topological polar surface area (TPSA) is 12.0 Å². The van der Waals surface area contributed by atoms with Crippen molar-refractivity contribution in [1.29, 1.82) is 0 Å². The smallest absolute Gasteiger partial charge is 0.0331 e. The van der Waals surface area contributed by atoms with Gasteiger partial charge in [0, 0.05) is 14.1 Å². The highest BCUT2D eigenvalue weighted by atomic mass is 127. The zero-order valence-corrected chi connectivity index (χ0v) is 11.6. The fourth-order valence-electron chi connectivity index (χ4n) is 1.90. The van der Waals surface area contributed by atoms with Gasteiger partial charge in [0.2, 0.25) is 0 Å². The van der Waals surface area contributed by atoms with Crippen LogP contribution in [-0.2, 0) is 0 Å². The van der Waals surface area contributed by atoms with E-state index in [-0.39, 0.29) is 0 Å². The van der Waals surface area contributed by atoms with Crippen molar-refractivity contribution in [2.45, 2.75) is 25.3 Å². The van der Waals surface area contributed by atoms with Gasteiger partial charge in [-0.1, -0.05) is 22.4 Å². The summed E-state index contributed by atoms with van der Waals surface area (Å²) in [6.45, 7) is 1.16. The summed E-state index contributed by atoms with van der Waals surface area (Å²) in [4.78, 5) is 0. The lowest BCUT2D eigenvalue weighted by Crippen LogP contribution is -2.27. The van der Waals surface area contributed by atoms with Crippen molar-refractivity contribution in [2.75, 3.05) is 6.54 Å². The van der Waals surface area contributed by atoms with Crippen molar-refractivity contribution < 1.29 is 0 Å². The Morgan fingerprint density at radius 3 is 2.93 bits per heavy atom. The first-order valence-electron chi connectivity index (χ1n) is 4.96. The highest BCUT2D eigenvalue weighted by Gasteiger charge is 2.16. The van der Waals surface area contributed by atoms with Crippen molar-refractivity contribution in [1.82, 2.24) is 5.32 Å². The summed E-state index contributed by atoms with van der Waals surface area (Å²) >= 11 is 5.95. The second kappa shape index (κ2) is 4.94. The minimum Gasteiger partial charge on any atom is -0.310 e. The molecule has 0 spiro atoms. The van der Waals surface area contributed by atoms with E-state index in [1.165, 1.54) is 32.9 Å². The van der Waals surface area contributed by atoms with Crippen LogP contribution in [0, 0.1) is 3.57 Å². The lowest BCUT2D eigenvalue weighted by molar-refractivity contribution is 0.411. The zero-order valence-electron chi connectivity index (χ0n) is 7.89. The molecule has 1 fully saturated rings. The molecule has 0 saturated carbocycles. The van der Waals surface area contributed by atoms with Crippen LogP contribution < -0.4 is 5.32 Å². The van der Waals surface area contributed by atoms with Crippen LogP contribution in [0.4, 0.5) is 0 Å². The predicted molar refractivity (Wildman–Crippen MR) is 71.5 cm³/mol. The Morgan fingerprint density at radius 2 is 2.21 bits per heavy atom. The van der Waals surface area contributed by atoms with Gasteiger partial charge in [-0.25, -0.2) is 0 Å². The predicted octanol–water partition coefficient (Wildman–Crippen LogP) is 3.87. The third-order valence-corrected chi connectivity index (χ3v) is 4.12. The Labute approximate surface area is 107 Å². The molecule has 0 bridgehead atoms. The van der Waals surface area contributed by atoms with Crippen LogP contribution in [0.5, 0.6) is 0 Å². The highest BCUT2D eigenvalue weighted by Crippen LogP contribution is 2.29. The summed E-state index contributed by atoms with van der Waals surface area (Å²) in [7, 11) is 0. The molecule has 1 aromatic carbocycles. The van der Waals surface area contributed by atoms with E-state index in [1.807, 2.05) is 0 Å². The largest absolute Gasteiger partial charge is 0.310 e. The molecule has 1 aromatic rings. The van der Waals surface area contributed by atoms with Gasteiger partial charge >= 0.3 is 0 Å². The standard InChI is InChI=1S/C11H13BrIN/c12-8-4-5-10(13)9(7-8)11-3-1-2-6-14-11/h4-5,7,11,14H,1-3,6H2/t11-/m0/s1. The second-order valence-corrected chi connectivity index (χ2v) is 5.75. The SMILES string of the molecule is Brc1ccc(I)c([C@@H]2CCCCN2)c1. The van der Waals surface area contributed by atoms with Gasteiger partial charge in [-0.15, -0.1) is 0 Å². The molecule has 1 saturated heterocycles. The van der Waals surface area contributed by atoms with Gasteiger partial charge in [-0.3, -0.25) is 0 Å². The zero-order chi connectivity index (χ0) is 9.97. The van der Waals surface area contributed by atoms with Gasteiger partial charge in [0.25, 0.3) is 0 Å². The lowest BCUT2D eigenvalue weighted by Gasteiger charge is -2.24. The molecule has 1 N–H and O–H groups in total. The van der Waals surface area contributed by atoms with Crippen LogP contribution >= 0.6 is 38.5 Å². The highest BCUT2D eigenvalue weighted by molar-refractivity contribution is 14.1. The molecule has 0 unspecified atom stereocenters. The quantitative estimate of drug-likeness (QED) is 0.745. The van der Waals surface area contributed by atoms with Crippen LogP contribution in [0.15, 0.2) is 22.7 Å². The molecule has 1 nitrogen and oxygen atoms in total. The van der Waals surface area contributed by atoms with E-state index in [9.17, 15) is 0 Å². The number of rotatable bonds is 1. The average Bonchev–Trinajstić information content (AvgIpc) is 2.23. The monoisotopic (exact) mass is 365 g/mol. The molecule has 1 atom stereocenters. The van der Waals surface area contributed by atoms with Crippen molar-refractivity contribution in [3.05, 3.63) is 31.8 Å². The number of nitrogens with one attached hydrogen (secondary N) is 1. The van der Waals surface area contributed by atoms with Crippen LogP contribution in [0.3, 0.4) is 0 Å². The van der Waals surface area contributed by atoms with E-state index >= 15 is 0 Å². The second-order valence-electron chi connectivity index (χ2n) is 3.67. The molecule has 1 heterocycles. The number of hydrogen-bond acceptors (Lipinski definition) is 1. The molecule has 0 radical (unpaired) electrons. The minimum absolute atomic E-state index is 0.563. The Bertz CT molecular complexity index is 321. The van der Waals surface area contributed by atoms with Crippen LogP contribution in [0.2, 0.25) is 0 Å². The van der Waals surface area contributed by atoms with Gasteiger partial charge in [-0.2, -0.15) is 0 Å². The molecule has 14 heavy (non-hydrogen) atoms. The third kappa shape index (κ3) is 2.49. The molecular formula is C11H13BrIN. The fourth-order valence-corrected chi connectivity index (χ4v) is 2.99. The molecule has 3 heteroatoms. The molecule has 76 valence electrons. The van der Waals surface area contributed by atoms with E-state index < -0.39 is 0 Å². The maximum Gasteiger partial charge on any atom is 0.0331 e. The number of piperidine rings is 1. The average molecular weight is 366 g/mol. The Hall–Kier alpha value is 0.390. The number of halogens is 2. The maximum absolute atomic E-state index is 3.58. The molecule has 1 aliphatic rings. The normalized spacial score (nSPS) is 22.3. The van der Waals surface area contributed by atoms with E-state index in [0.29, 0.717) is 6.04 Å². The van der Waals surface area contributed by atoms with Gasteiger partial charge < -0.3 is 5.32 Å². The van der Waals surface area contributed by atoms with Crippen molar-refractivity contribution >= 4 is 38.5 Å². The van der Waals surface area contributed by atoms with Crippen LogP contribution in [-0.4, -0.2) is 6.54 Å². The number of benzene rings is 1. The van der Waals surface area contributed by atoms with Crippen molar-refractivity contribution in [3.8, 4) is 0 Å². The Kier molecular flexibility index (Phi) is 3.85. The summed E-state index contributed by atoms with van der Waals surface area (Å²) in [6.07, 6.45) is 3.94.